The van der Waals surface area contributed by atoms with Crippen molar-refractivity contribution in [3.8, 4) is 0 Å². The van der Waals surface area contributed by atoms with E-state index in [4.69, 9.17) is 5.73 Å². The second-order valence-electron chi connectivity index (χ2n) is 7.05. The zero-order chi connectivity index (χ0) is 17.3. The lowest BCUT2D eigenvalue weighted by molar-refractivity contribution is 0.654. The molecule has 0 saturated heterocycles. The molecule has 2 aliphatic carbocycles. The zero-order valence-corrected chi connectivity index (χ0v) is 15.6. The van der Waals surface area contributed by atoms with Gasteiger partial charge in [0, 0.05) is 5.69 Å². The monoisotopic (exact) mass is 322 g/mol. The summed E-state index contributed by atoms with van der Waals surface area (Å²) in [6.45, 7) is 8.66. The maximum absolute atomic E-state index is 5.91. The van der Waals surface area contributed by atoms with Gasteiger partial charge in [0.05, 0.1) is 0 Å². The van der Waals surface area contributed by atoms with Crippen molar-refractivity contribution < 1.29 is 0 Å². The topological polar surface area (TPSA) is 38.9 Å². The van der Waals surface area contributed by atoms with Gasteiger partial charge >= 0.3 is 0 Å². The van der Waals surface area contributed by atoms with Crippen LogP contribution in [0.2, 0.25) is 0 Å². The lowest BCUT2D eigenvalue weighted by Crippen LogP contribution is -2.13. The van der Waals surface area contributed by atoms with E-state index in [2.05, 4.69) is 31.0 Å². The van der Waals surface area contributed by atoms with Crippen LogP contribution in [0.15, 0.2) is 18.2 Å². The molecule has 1 aromatic heterocycles. The smallest absolute Gasteiger partial charge is 0.123 e. The number of aromatic nitrogens is 1. The molecule has 2 N–H and O–H groups in total. The maximum atomic E-state index is 5.91. The maximum Gasteiger partial charge on any atom is 0.123 e. The van der Waals surface area contributed by atoms with Crippen molar-refractivity contribution in [2.45, 2.75) is 72.1 Å². The molecule has 2 aromatic rings. The van der Waals surface area contributed by atoms with Crippen LogP contribution in [0.1, 0.15) is 78.6 Å². The third-order valence-corrected chi connectivity index (χ3v) is 5.47. The van der Waals surface area contributed by atoms with Crippen LogP contribution in [-0.2, 0) is 25.7 Å². The van der Waals surface area contributed by atoms with Gasteiger partial charge in [-0.3, -0.25) is 0 Å². The van der Waals surface area contributed by atoms with E-state index in [1.165, 1.54) is 48.1 Å². The predicted octanol–water partition coefficient (Wildman–Crippen LogP) is 5.13. The van der Waals surface area contributed by atoms with Crippen molar-refractivity contribution in [1.29, 1.82) is 0 Å². The van der Waals surface area contributed by atoms with Crippen LogP contribution in [-0.4, -0.2) is 4.98 Å². The number of nitrogens with zero attached hydrogens (tertiary/aromatic N) is 1. The van der Waals surface area contributed by atoms with E-state index in [9.17, 15) is 0 Å². The van der Waals surface area contributed by atoms with Crippen molar-refractivity contribution in [3.63, 3.8) is 0 Å². The number of fused-ring (bicyclic) bond motifs is 4. The molecule has 2 nitrogen and oxygen atoms in total. The Hall–Kier alpha value is -1.83. The van der Waals surface area contributed by atoms with Crippen molar-refractivity contribution in [3.05, 3.63) is 57.3 Å². The van der Waals surface area contributed by atoms with Crippen LogP contribution >= 0.6 is 0 Å². The Morgan fingerprint density at radius 2 is 1.75 bits per heavy atom. The zero-order valence-electron chi connectivity index (χ0n) is 15.6. The summed E-state index contributed by atoms with van der Waals surface area (Å²) in [5, 5.41) is 0. The molecular weight excluding hydrogens is 292 g/mol. The number of rotatable bonds is 0. The molecule has 128 valence electrons. The van der Waals surface area contributed by atoms with Crippen LogP contribution in [0.3, 0.4) is 0 Å². The first-order chi connectivity index (χ1) is 11.6. The average Bonchev–Trinajstić information content (AvgIpc) is 2.72. The minimum absolute atomic E-state index is 0.540. The highest BCUT2D eigenvalue weighted by Crippen LogP contribution is 2.39. The number of hydrogen-bond donors (Lipinski definition) is 1. The SMILES string of the molecule is CC.Cc1cc2c(c3c1CCCC3)[C@H](C)Cc1nc(N)ccc1C2. The van der Waals surface area contributed by atoms with E-state index in [0.717, 1.165) is 12.8 Å². The highest BCUT2D eigenvalue weighted by atomic mass is 14.8. The Balaban J connectivity index is 0.000000815. The molecule has 0 radical (unpaired) electrons. The van der Waals surface area contributed by atoms with Crippen LogP contribution in [0.5, 0.6) is 0 Å². The molecule has 1 atom stereocenters. The van der Waals surface area contributed by atoms with Crippen LogP contribution < -0.4 is 5.73 Å². The van der Waals surface area contributed by atoms with Crippen molar-refractivity contribution in [1.82, 2.24) is 4.98 Å². The van der Waals surface area contributed by atoms with Gasteiger partial charge < -0.3 is 5.73 Å². The summed E-state index contributed by atoms with van der Waals surface area (Å²) >= 11 is 0. The number of nitrogens with two attached hydrogens (primary N) is 1. The van der Waals surface area contributed by atoms with E-state index >= 15 is 0 Å². The summed E-state index contributed by atoms with van der Waals surface area (Å²) in [6, 6.07) is 6.56. The van der Waals surface area contributed by atoms with Crippen LogP contribution in [0.4, 0.5) is 5.82 Å². The number of pyridine rings is 1. The summed E-state index contributed by atoms with van der Waals surface area (Å²) in [7, 11) is 0. The number of nitrogen functional groups attached to an aromatic ring is 1. The molecular formula is C22H30N2. The largest absolute Gasteiger partial charge is 0.384 e. The quantitative estimate of drug-likeness (QED) is 0.730. The fourth-order valence-electron chi connectivity index (χ4n) is 4.50. The van der Waals surface area contributed by atoms with E-state index in [1.54, 1.807) is 16.7 Å². The molecule has 24 heavy (non-hydrogen) atoms. The van der Waals surface area contributed by atoms with Gasteiger partial charge in [0.25, 0.3) is 0 Å². The lowest BCUT2D eigenvalue weighted by Gasteiger charge is -2.26. The first-order valence-electron chi connectivity index (χ1n) is 9.52. The van der Waals surface area contributed by atoms with Crippen LogP contribution in [0, 0.1) is 6.92 Å². The molecule has 2 heteroatoms. The summed E-state index contributed by atoms with van der Waals surface area (Å²) in [6.07, 6.45) is 7.24. The molecule has 0 fully saturated rings. The second kappa shape index (κ2) is 6.96. The number of benzene rings is 1. The minimum Gasteiger partial charge on any atom is -0.384 e. The van der Waals surface area contributed by atoms with Gasteiger partial charge in [-0.2, -0.15) is 0 Å². The minimum atomic E-state index is 0.540. The predicted molar refractivity (Wildman–Crippen MR) is 103 cm³/mol. The standard InChI is InChI=1S/C20H24N2.C2H6/c1-12-9-15-11-14-7-8-19(21)22-18(14)10-13(2)20(15)17-6-4-3-5-16(12)17;1-2/h7-9,13H,3-6,10-11H2,1-2H3,(H2,21,22);1-2H3/t13-;/m1./s1. The molecule has 0 spiro atoms. The average molecular weight is 322 g/mol. The number of hydrogen-bond acceptors (Lipinski definition) is 2. The van der Waals surface area contributed by atoms with Gasteiger partial charge in [-0.15, -0.1) is 0 Å². The summed E-state index contributed by atoms with van der Waals surface area (Å²) in [4.78, 5) is 4.62. The molecule has 4 rings (SSSR count). The summed E-state index contributed by atoms with van der Waals surface area (Å²) in [5.41, 5.74) is 16.4. The van der Waals surface area contributed by atoms with Gasteiger partial charge in [-0.1, -0.05) is 32.9 Å². The Bertz CT molecular complexity index is 746. The molecule has 0 amide bonds. The lowest BCUT2D eigenvalue weighted by atomic mass is 9.79. The normalized spacial score (nSPS) is 18.4. The molecule has 1 heterocycles. The molecule has 0 aliphatic heterocycles. The fourth-order valence-corrected chi connectivity index (χ4v) is 4.50. The Morgan fingerprint density at radius 1 is 1.04 bits per heavy atom. The van der Waals surface area contributed by atoms with Crippen molar-refractivity contribution in [2.24, 2.45) is 0 Å². The first kappa shape index (κ1) is 17.0. The molecule has 0 saturated carbocycles. The fraction of sp³-hybridized carbons (Fsp3) is 0.500. The van der Waals surface area contributed by atoms with Gasteiger partial charge in [0.15, 0.2) is 0 Å². The van der Waals surface area contributed by atoms with Gasteiger partial charge in [0.1, 0.15) is 5.82 Å². The Morgan fingerprint density at radius 3 is 2.50 bits per heavy atom. The van der Waals surface area contributed by atoms with E-state index < -0.39 is 0 Å². The molecule has 1 aromatic carbocycles. The third-order valence-electron chi connectivity index (χ3n) is 5.47. The molecule has 0 bridgehead atoms. The van der Waals surface area contributed by atoms with Crippen LogP contribution in [0.25, 0.3) is 0 Å². The highest BCUT2D eigenvalue weighted by Gasteiger charge is 2.26. The van der Waals surface area contributed by atoms with E-state index in [-0.39, 0.29) is 0 Å². The van der Waals surface area contributed by atoms with E-state index in [1.807, 2.05) is 19.9 Å². The third kappa shape index (κ3) is 2.94. The van der Waals surface area contributed by atoms with E-state index in [0.29, 0.717) is 11.7 Å². The first-order valence-corrected chi connectivity index (χ1v) is 9.52. The number of aryl methyl sites for hydroxylation is 1. The van der Waals surface area contributed by atoms with Gasteiger partial charge in [-0.05, 0) is 90.8 Å². The van der Waals surface area contributed by atoms with Crippen molar-refractivity contribution >= 4 is 5.82 Å². The Labute approximate surface area is 146 Å². The number of anilines is 1. The molecule has 0 unspecified atom stereocenters. The summed E-state index contributed by atoms with van der Waals surface area (Å²) in [5.74, 6) is 1.19. The van der Waals surface area contributed by atoms with Gasteiger partial charge in [-0.25, -0.2) is 4.98 Å². The Kier molecular flexibility index (Phi) is 4.93. The summed E-state index contributed by atoms with van der Waals surface area (Å²) < 4.78 is 0. The molecule has 2 aliphatic rings. The second-order valence-corrected chi connectivity index (χ2v) is 7.05. The highest BCUT2D eigenvalue weighted by molar-refractivity contribution is 5.52. The van der Waals surface area contributed by atoms with Gasteiger partial charge in [0.2, 0.25) is 0 Å². The van der Waals surface area contributed by atoms with Crippen molar-refractivity contribution in [2.75, 3.05) is 5.73 Å².